The highest BCUT2D eigenvalue weighted by Gasteiger charge is 2.47. The summed E-state index contributed by atoms with van der Waals surface area (Å²) in [5, 5.41) is 8.48. The Hall–Kier alpha value is -2.29. The normalized spacial score (nSPS) is 21.0. The first-order chi connectivity index (χ1) is 11.6. The van der Waals surface area contributed by atoms with Crippen LogP contribution >= 0.6 is 11.3 Å². The third kappa shape index (κ3) is 4.41. The first kappa shape index (κ1) is 19.0. The number of amides is 2. The van der Waals surface area contributed by atoms with Gasteiger partial charge < -0.3 is 15.9 Å². The minimum absolute atomic E-state index is 0.173. The molecule has 0 unspecified atom stereocenters. The fourth-order valence-electron chi connectivity index (χ4n) is 1.99. The second kappa shape index (κ2) is 7.30. The van der Waals surface area contributed by atoms with Crippen LogP contribution in [0.2, 0.25) is 0 Å². The quantitative estimate of drug-likeness (QED) is 0.217. The van der Waals surface area contributed by atoms with Gasteiger partial charge in [-0.25, -0.2) is 10.0 Å². The summed E-state index contributed by atoms with van der Waals surface area (Å²) in [6.45, 7) is 1.52. The molecular weight excluding hydrogens is 378 g/mol. The van der Waals surface area contributed by atoms with E-state index in [-0.39, 0.29) is 16.5 Å². The van der Waals surface area contributed by atoms with Gasteiger partial charge in [0.25, 0.3) is 21.9 Å². The van der Waals surface area contributed by atoms with Crippen LogP contribution in [0.3, 0.4) is 0 Å². The number of carbonyl (C=O) groups excluding carboxylic acids is 2. The van der Waals surface area contributed by atoms with E-state index in [2.05, 4.69) is 25.1 Å². The number of aromatic nitrogens is 1. The van der Waals surface area contributed by atoms with Crippen LogP contribution in [0.5, 0.6) is 0 Å². The fraction of sp³-hybridized carbons (Fsp3) is 0.455. The number of anilines is 1. The topological polar surface area (TPSA) is 174 Å². The van der Waals surface area contributed by atoms with Crippen molar-refractivity contribution in [3.63, 3.8) is 0 Å². The van der Waals surface area contributed by atoms with Crippen LogP contribution in [0.4, 0.5) is 5.13 Å². The van der Waals surface area contributed by atoms with E-state index in [1.165, 1.54) is 19.4 Å². The Morgan fingerprint density at radius 2 is 2.28 bits per heavy atom. The van der Waals surface area contributed by atoms with Crippen LogP contribution < -0.4 is 11.1 Å². The summed E-state index contributed by atoms with van der Waals surface area (Å²) >= 11 is 1.10. The fourth-order valence-corrected chi connectivity index (χ4v) is 2.78. The first-order valence-electron chi connectivity index (χ1n) is 6.68. The van der Waals surface area contributed by atoms with Gasteiger partial charge in [0.2, 0.25) is 5.94 Å². The summed E-state index contributed by atoms with van der Waals surface area (Å²) in [4.78, 5) is 37.5. The van der Waals surface area contributed by atoms with Gasteiger partial charge in [-0.15, -0.1) is 11.3 Å². The Bertz CT molecular complexity index is 805. The van der Waals surface area contributed by atoms with Crippen LogP contribution in [-0.2, 0) is 29.4 Å². The predicted molar refractivity (Wildman–Crippen MR) is 85.8 cm³/mol. The summed E-state index contributed by atoms with van der Waals surface area (Å²) in [5.41, 5.74) is 5.52. The van der Waals surface area contributed by atoms with Gasteiger partial charge in [-0.1, -0.05) is 5.16 Å². The predicted octanol–water partition coefficient (Wildman–Crippen LogP) is -1.43. The smallest absolute Gasteiger partial charge is 0.292 e. The van der Waals surface area contributed by atoms with E-state index in [0.29, 0.717) is 0 Å². The van der Waals surface area contributed by atoms with E-state index < -0.39 is 40.0 Å². The molecule has 0 bridgehead atoms. The molecule has 2 atom stereocenters. The maximum Gasteiger partial charge on any atom is 0.292 e. The molecule has 2 rings (SSSR count). The van der Waals surface area contributed by atoms with Gasteiger partial charge in [0.05, 0.1) is 6.04 Å². The van der Waals surface area contributed by atoms with Gasteiger partial charge in [0.15, 0.2) is 10.8 Å². The molecule has 1 aliphatic heterocycles. The highest BCUT2D eigenvalue weighted by molar-refractivity contribution is 7.85. The lowest BCUT2D eigenvalue weighted by Gasteiger charge is -2.43. The molecular formula is C11H15N5O7S2. The lowest BCUT2D eigenvalue weighted by molar-refractivity contribution is -0.224. The lowest BCUT2D eigenvalue weighted by Crippen LogP contribution is -2.70. The highest BCUT2D eigenvalue weighted by Crippen LogP contribution is 2.21. The van der Waals surface area contributed by atoms with E-state index in [1.807, 2.05) is 0 Å². The Labute approximate surface area is 146 Å². The SMILES string of the molecule is CON=C(C(=O)N[C@@H]1C(=O)N(OCS(=O)(=O)O)[C@@H]1C)c1csc(N)n1. The molecule has 0 aliphatic carbocycles. The second-order valence-electron chi connectivity index (χ2n) is 4.88. The summed E-state index contributed by atoms with van der Waals surface area (Å²) in [6.07, 6.45) is 0. The van der Waals surface area contributed by atoms with E-state index in [4.69, 9.17) is 10.3 Å². The number of nitrogens with two attached hydrogens (primary N) is 1. The standard InChI is InChI=1S/C11H15N5O7S2/c1-5-7(10(18)16(5)23-4-25(19,20)21)14-9(17)8(15-22-2)6-3-24-11(12)13-6/h3,5,7H,4H2,1-2H3,(H2,12,13)(H,14,17)(H,19,20,21)/t5-,7+/m1/s1. The molecule has 4 N–H and O–H groups in total. The van der Waals surface area contributed by atoms with Gasteiger partial charge in [-0.05, 0) is 6.92 Å². The molecule has 2 amide bonds. The van der Waals surface area contributed by atoms with E-state index in [0.717, 1.165) is 16.4 Å². The zero-order valence-electron chi connectivity index (χ0n) is 13.1. The van der Waals surface area contributed by atoms with Crippen molar-refractivity contribution in [2.24, 2.45) is 5.16 Å². The number of β-lactam (4-membered cyclic amide) rings is 1. The van der Waals surface area contributed by atoms with Crippen molar-refractivity contribution in [1.29, 1.82) is 0 Å². The van der Waals surface area contributed by atoms with E-state index >= 15 is 0 Å². The molecule has 2 heterocycles. The average Bonchev–Trinajstić information content (AvgIpc) is 2.95. The van der Waals surface area contributed by atoms with Gasteiger partial charge in [0.1, 0.15) is 18.8 Å². The summed E-state index contributed by atoms with van der Waals surface area (Å²) in [6, 6.07) is -1.63. The number of rotatable bonds is 7. The number of thiazole rings is 1. The Morgan fingerprint density at radius 3 is 2.76 bits per heavy atom. The maximum absolute atomic E-state index is 12.3. The molecule has 1 aromatic rings. The number of carbonyl (C=O) groups is 2. The Morgan fingerprint density at radius 1 is 1.60 bits per heavy atom. The van der Waals surface area contributed by atoms with Crippen molar-refractivity contribution >= 4 is 44.1 Å². The molecule has 1 saturated heterocycles. The third-order valence-corrected chi connectivity index (χ3v) is 4.20. The number of nitrogen functional groups attached to an aromatic ring is 1. The zero-order valence-corrected chi connectivity index (χ0v) is 14.7. The molecule has 0 saturated carbocycles. The number of oxime groups is 1. The molecule has 25 heavy (non-hydrogen) atoms. The number of hydrogen-bond acceptors (Lipinski definition) is 10. The Kier molecular flexibility index (Phi) is 5.56. The number of hydrogen-bond donors (Lipinski definition) is 3. The molecule has 14 heteroatoms. The third-order valence-electron chi connectivity index (χ3n) is 3.13. The molecule has 1 fully saturated rings. The Balaban J connectivity index is 2.03. The minimum Gasteiger partial charge on any atom is -0.398 e. The zero-order chi connectivity index (χ0) is 18.8. The molecule has 0 aromatic carbocycles. The van der Waals surface area contributed by atoms with Crippen LogP contribution in [0.25, 0.3) is 0 Å². The van der Waals surface area contributed by atoms with E-state index in [9.17, 15) is 18.0 Å². The summed E-state index contributed by atoms with van der Waals surface area (Å²) in [7, 11) is -3.15. The average molecular weight is 393 g/mol. The van der Waals surface area contributed by atoms with Crippen LogP contribution in [0.15, 0.2) is 10.5 Å². The highest BCUT2D eigenvalue weighted by atomic mass is 32.2. The molecule has 12 nitrogen and oxygen atoms in total. The van der Waals surface area contributed by atoms with Gasteiger partial charge in [-0.2, -0.15) is 8.42 Å². The first-order valence-corrected chi connectivity index (χ1v) is 9.17. The van der Waals surface area contributed by atoms with Crippen LogP contribution in [0.1, 0.15) is 12.6 Å². The largest absolute Gasteiger partial charge is 0.398 e. The minimum atomic E-state index is -4.40. The van der Waals surface area contributed by atoms with Crippen LogP contribution in [0, 0.1) is 0 Å². The number of hydroxylamine groups is 2. The molecule has 1 aliphatic rings. The van der Waals surface area contributed by atoms with Crippen molar-refractivity contribution in [2.75, 3.05) is 18.8 Å². The second-order valence-corrected chi connectivity index (χ2v) is 7.17. The van der Waals surface area contributed by atoms with Crippen molar-refractivity contribution < 1.29 is 32.2 Å². The van der Waals surface area contributed by atoms with Crippen molar-refractivity contribution in [2.45, 2.75) is 19.0 Å². The lowest BCUT2D eigenvalue weighted by atomic mass is 10.00. The summed E-state index contributed by atoms with van der Waals surface area (Å²) < 4.78 is 29.9. The van der Waals surface area contributed by atoms with Gasteiger partial charge in [0, 0.05) is 5.38 Å². The number of nitrogens with zero attached hydrogens (tertiary/aromatic N) is 3. The van der Waals surface area contributed by atoms with Crippen molar-refractivity contribution in [3.8, 4) is 0 Å². The summed E-state index contributed by atoms with van der Waals surface area (Å²) in [5.74, 6) is -2.48. The van der Waals surface area contributed by atoms with Crippen molar-refractivity contribution in [1.82, 2.24) is 15.4 Å². The monoisotopic (exact) mass is 393 g/mol. The molecule has 138 valence electrons. The number of nitrogens with one attached hydrogen (secondary N) is 1. The van der Waals surface area contributed by atoms with Gasteiger partial charge >= 0.3 is 0 Å². The molecule has 1 aromatic heterocycles. The molecule has 0 spiro atoms. The van der Waals surface area contributed by atoms with Crippen molar-refractivity contribution in [3.05, 3.63) is 11.1 Å². The van der Waals surface area contributed by atoms with E-state index in [1.54, 1.807) is 0 Å². The van der Waals surface area contributed by atoms with Gasteiger partial charge in [-0.3, -0.25) is 19.0 Å². The van der Waals surface area contributed by atoms with Crippen LogP contribution in [-0.4, -0.2) is 65.7 Å². The molecule has 0 radical (unpaired) electrons. The maximum atomic E-state index is 12.3.